The summed E-state index contributed by atoms with van der Waals surface area (Å²) in [5.74, 6) is 0. The van der Waals surface area contributed by atoms with E-state index in [-0.39, 0.29) is 0 Å². The van der Waals surface area contributed by atoms with E-state index >= 15 is 0 Å². The first-order valence-electron chi connectivity index (χ1n) is 4.70. The highest BCUT2D eigenvalue weighted by atomic mass is 16.5. The maximum atomic E-state index is 10.6. The molecule has 0 amide bonds. The van der Waals surface area contributed by atoms with E-state index in [0.29, 0.717) is 18.6 Å². The maximum absolute atomic E-state index is 10.6. The number of methoxy groups -OCH3 is 1. The summed E-state index contributed by atoms with van der Waals surface area (Å²) in [6.45, 7) is 3.27. The number of aryl methyl sites for hydroxylation is 1. The van der Waals surface area contributed by atoms with Crippen LogP contribution in [0.15, 0.2) is 0 Å². The van der Waals surface area contributed by atoms with E-state index in [9.17, 15) is 4.79 Å². The zero-order valence-electron chi connectivity index (χ0n) is 8.56. The Morgan fingerprint density at radius 2 is 2.36 bits per heavy atom. The Hall–Kier alpha value is -1.23. The van der Waals surface area contributed by atoms with E-state index in [1.54, 1.807) is 11.8 Å². The smallest absolute Gasteiger partial charge is 0.172 e. The van der Waals surface area contributed by atoms with E-state index in [1.807, 2.05) is 0 Å². The average molecular weight is 197 g/mol. The minimum absolute atomic E-state index is 0.378. The molecule has 14 heavy (non-hydrogen) atoms. The highest BCUT2D eigenvalue weighted by molar-refractivity contribution is 5.73. The summed E-state index contributed by atoms with van der Waals surface area (Å²) in [5.41, 5.74) is 1.14. The SMILES string of the molecule is CCCCn1nnc(C=O)c1COC. The number of hydrogen-bond acceptors (Lipinski definition) is 4. The van der Waals surface area contributed by atoms with Crippen molar-refractivity contribution in [3.8, 4) is 0 Å². The van der Waals surface area contributed by atoms with Gasteiger partial charge in [-0.05, 0) is 6.42 Å². The van der Waals surface area contributed by atoms with Crippen LogP contribution in [-0.4, -0.2) is 28.4 Å². The lowest BCUT2D eigenvalue weighted by Gasteiger charge is -2.04. The summed E-state index contributed by atoms with van der Waals surface area (Å²) in [7, 11) is 1.59. The summed E-state index contributed by atoms with van der Waals surface area (Å²) in [5, 5.41) is 7.67. The van der Waals surface area contributed by atoms with Crippen molar-refractivity contribution in [2.75, 3.05) is 7.11 Å². The molecule has 0 aromatic carbocycles. The minimum Gasteiger partial charge on any atom is -0.378 e. The third-order valence-corrected chi connectivity index (χ3v) is 1.98. The molecule has 1 rings (SSSR count). The van der Waals surface area contributed by atoms with Crippen LogP contribution in [0.2, 0.25) is 0 Å². The molecule has 0 aliphatic carbocycles. The zero-order chi connectivity index (χ0) is 10.4. The molecule has 0 saturated heterocycles. The van der Waals surface area contributed by atoms with Crippen molar-refractivity contribution in [1.82, 2.24) is 15.0 Å². The first-order chi connectivity index (χ1) is 6.83. The second kappa shape index (κ2) is 5.49. The fraction of sp³-hybridized carbons (Fsp3) is 0.667. The Kier molecular flexibility index (Phi) is 4.25. The number of hydrogen-bond donors (Lipinski definition) is 0. The van der Waals surface area contributed by atoms with Crippen molar-refractivity contribution in [1.29, 1.82) is 0 Å². The monoisotopic (exact) mass is 197 g/mol. The first kappa shape index (κ1) is 10.8. The average Bonchev–Trinajstić information content (AvgIpc) is 2.58. The quantitative estimate of drug-likeness (QED) is 0.639. The van der Waals surface area contributed by atoms with Crippen LogP contribution in [0, 0.1) is 0 Å². The summed E-state index contributed by atoms with van der Waals surface area (Å²) in [6.07, 6.45) is 2.82. The van der Waals surface area contributed by atoms with Crippen molar-refractivity contribution in [3.05, 3.63) is 11.4 Å². The number of carbonyl (C=O) groups excluding carboxylic acids is 1. The van der Waals surface area contributed by atoms with Crippen molar-refractivity contribution in [3.63, 3.8) is 0 Å². The second-order valence-corrected chi connectivity index (χ2v) is 3.05. The lowest BCUT2D eigenvalue weighted by molar-refractivity contribution is 0.111. The van der Waals surface area contributed by atoms with Crippen molar-refractivity contribution < 1.29 is 9.53 Å². The Morgan fingerprint density at radius 3 is 2.93 bits per heavy atom. The van der Waals surface area contributed by atoms with E-state index in [4.69, 9.17) is 4.74 Å². The van der Waals surface area contributed by atoms with Crippen LogP contribution in [0.5, 0.6) is 0 Å². The van der Waals surface area contributed by atoms with Gasteiger partial charge in [0.2, 0.25) is 0 Å². The van der Waals surface area contributed by atoms with Gasteiger partial charge in [0, 0.05) is 13.7 Å². The summed E-state index contributed by atoms with van der Waals surface area (Å²) >= 11 is 0. The zero-order valence-corrected chi connectivity index (χ0v) is 8.56. The molecule has 0 aliphatic rings. The third-order valence-electron chi connectivity index (χ3n) is 1.98. The molecule has 0 atom stereocenters. The third kappa shape index (κ3) is 2.38. The normalized spacial score (nSPS) is 10.4. The van der Waals surface area contributed by atoms with Crippen LogP contribution < -0.4 is 0 Å². The molecule has 0 N–H and O–H groups in total. The molecule has 1 aromatic rings. The maximum Gasteiger partial charge on any atom is 0.172 e. The predicted molar refractivity (Wildman–Crippen MR) is 51.0 cm³/mol. The number of aldehydes is 1. The molecule has 1 heterocycles. The lowest BCUT2D eigenvalue weighted by Crippen LogP contribution is -2.07. The van der Waals surface area contributed by atoms with Gasteiger partial charge in [-0.1, -0.05) is 18.6 Å². The Labute approximate surface area is 83.1 Å². The molecule has 78 valence electrons. The molecule has 1 aromatic heterocycles. The van der Waals surface area contributed by atoms with E-state index in [1.165, 1.54) is 0 Å². The van der Waals surface area contributed by atoms with Gasteiger partial charge in [0.25, 0.3) is 0 Å². The standard InChI is InChI=1S/C9H15N3O2/c1-3-4-5-12-9(7-14-2)8(6-13)10-11-12/h6H,3-5,7H2,1-2H3. The number of aromatic nitrogens is 3. The largest absolute Gasteiger partial charge is 0.378 e. The Balaban J connectivity index is 2.80. The molecular weight excluding hydrogens is 182 g/mol. The van der Waals surface area contributed by atoms with Crippen LogP contribution >= 0.6 is 0 Å². The van der Waals surface area contributed by atoms with Gasteiger partial charge in [-0.25, -0.2) is 4.68 Å². The number of nitrogens with zero attached hydrogens (tertiary/aromatic N) is 3. The van der Waals surface area contributed by atoms with Gasteiger partial charge in [0.15, 0.2) is 12.0 Å². The predicted octanol–water partition coefficient (Wildman–Crippen LogP) is 1.04. The molecule has 0 unspecified atom stereocenters. The summed E-state index contributed by atoms with van der Waals surface area (Å²) in [4.78, 5) is 10.6. The molecule has 0 bridgehead atoms. The topological polar surface area (TPSA) is 57.0 Å². The van der Waals surface area contributed by atoms with Crippen LogP contribution in [0.4, 0.5) is 0 Å². The summed E-state index contributed by atoms with van der Waals surface area (Å²) in [6, 6.07) is 0. The fourth-order valence-electron chi connectivity index (χ4n) is 1.21. The highest BCUT2D eigenvalue weighted by Gasteiger charge is 2.10. The van der Waals surface area contributed by atoms with Gasteiger partial charge < -0.3 is 4.74 Å². The number of ether oxygens (including phenoxy) is 1. The summed E-state index contributed by atoms with van der Waals surface area (Å²) < 4.78 is 6.72. The van der Waals surface area contributed by atoms with Gasteiger partial charge in [-0.2, -0.15) is 0 Å². The van der Waals surface area contributed by atoms with E-state index in [2.05, 4.69) is 17.2 Å². The van der Waals surface area contributed by atoms with Gasteiger partial charge >= 0.3 is 0 Å². The van der Waals surface area contributed by atoms with Crippen LogP contribution in [-0.2, 0) is 17.9 Å². The van der Waals surface area contributed by atoms with E-state index in [0.717, 1.165) is 25.1 Å². The Morgan fingerprint density at radius 1 is 1.57 bits per heavy atom. The molecule has 5 nitrogen and oxygen atoms in total. The molecule has 0 spiro atoms. The van der Waals surface area contributed by atoms with Crippen LogP contribution in [0.25, 0.3) is 0 Å². The first-order valence-corrected chi connectivity index (χ1v) is 4.70. The molecule has 5 heteroatoms. The molecule has 0 radical (unpaired) electrons. The van der Waals surface area contributed by atoms with Crippen LogP contribution in [0.1, 0.15) is 35.9 Å². The number of rotatable bonds is 6. The molecular formula is C9H15N3O2. The van der Waals surface area contributed by atoms with Gasteiger partial charge in [0.1, 0.15) is 0 Å². The van der Waals surface area contributed by atoms with Crippen molar-refractivity contribution in [2.45, 2.75) is 32.9 Å². The van der Waals surface area contributed by atoms with E-state index < -0.39 is 0 Å². The lowest BCUT2D eigenvalue weighted by atomic mass is 10.3. The van der Waals surface area contributed by atoms with Crippen LogP contribution in [0.3, 0.4) is 0 Å². The second-order valence-electron chi connectivity index (χ2n) is 3.05. The number of carbonyl (C=O) groups is 1. The molecule has 0 saturated carbocycles. The van der Waals surface area contributed by atoms with Gasteiger partial charge in [-0.15, -0.1) is 5.10 Å². The highest BCUT2D eigenvalue weighted by Crippen LogP contribution is 2.06. The molecule has 0 aliphatic heterocycles. The Bertz CT molecular complexity index is 296. The minimum atomic E-state index is 0.378. The van der Waals surface area contributed by atoms with Gasteiger partial charge in [0.05, 0.1) is 12.3 Å². The number of unbranched alkanes of at least 4 members (excludes halogenated alkanes) is 1. The molecule has 0 fully saturated rings. The fourth-order valence-corrected chi connectivity index (χ4v) is 1.21. The van der Waals surface area contributed by atoms with Gasteiger partial charge in [-0.3, -0.25) is 4.79 Å². The van der Waals surface area contributed by atoms with Crippen molar-refractivity contribution >= 4 is 6.29 Å². The van der Waals surface area contributed by atoms with Crippen molar-refractivity contribution in [2.24, 2.45) is 0 Å².